The van der Waals surface area contributed by atoms with Crippen LogP contribution in [0.1, 0.15) is 37.4 Å². The molecular weight excluding hydrogens is 495 g/mol. The molecule has 34 heavy (non-hydrogen) atoms. The van der Waals surface area contributed by atoms with Crippen molar-refractivity contribution in [1.29, 1.82) is 0 Å². The van der Waals surface area contributed by atoms with Crippen LogP contribution >= 0.6 is 35.0 Å². The molecule has 2 aromatic carbocycles. The molecule has 1 aliphatic rings. The number of hydrogen-bond acceptors (Lipinski definition) is 7. The van der Waals surface area contributed by atoms with E-state index in [1.807, 2.05) is 37.3 Å². The van der Waals surface area contributed by atoms with Gasteiger partial charge in [-0.3, -0.25) is 0 Å². The minimum Gasteiger partial charge on any atom is -0.489 e. The quantitative estimate of drug-likeness (QED) is 0.283. The summed E-state index contributed by atoms with van der Waals surface area (Å²) in [4.78, 5) is 17.4. The van der Waals surface area contributed by atoms with Crippen LogP contribution in [0.3, 0.4) is 0 Å². The molecule has 178 valence electrons. The second-order valence-electron chi connectivity index (χ2n) is 7.67. The van der Waals surface area contributed by atoms with Crippen LogP contribution in [0.5, 0.6) is 5.75 Å². The smallest absolute Gasteiger partial charge is 0.338 e. The number of nitrogens with zero attached hydrogens (tertiary/aromatic N) is 3. The molecule has 1 aromatic heterocycles. The molecule has 4 rings (SSSR count). The number of ether oxygens (including phenoxy) is 2. The van der Waals surface area contributed by atoms with Gasteiger partial charge in [-0.25, -0.2) is 9.48 Å². The Morgan fingerprint density at radius 3 is 2.79 bits per heavy atom. The molecule has 1 unspecified atom stereocenters. The number of nitrogens with one attached hydrogen (secondary N) is 1. The fourth-order valence-corrected chi connectivity index (χ4v) is 4.79. The zero-order chi connectivity index (χ0) is 24.2. The van der Waals surface area contributed by atoms with Crippen LogP contribution in [0.25, 0.3) is 0 Å². The first-order valence-corrected chi connectivity index (χ1v) is 12.5. The van der Waals surface area contributed by atoms with Crippen molar-refractivity contribution in [3.8, 4) is 5.75 Å². The average Bonchev–Trinajstić information content (AvgIpc) is 3.23. The molecule has 7 nitrogen and oxygen atoms in total. The first-order chi connectivity index (χ1) is 16.4. The Morgan fingerprint density at radius 1 is 1.24 bits per heavy atom. The lowest BCUT2D eigenvalue weighted by molar-refractivity contribution is -0.136. The van der Waals surface area contributed by atoms with Crippen molar-refractivity contribution in [3.63, 3.8) is 0 Å². The van der Waals surface area contributed by atoms with E-state index in [-0.39, 0.29) is 6.61 Å². The van der Waals surface area contributed by atoms with E-state index in [1.54, 1.807) is 28.6 Å². The van der Waals surface area contributed by atoms with Crippen molar-refractivity contribution in [2.24, 2.45) is 0 Å². The van der Waals surface area contributed by atoms with Crippen molar-refractivity contribution in [2.75, 3.05) is 18.2 Å². The Kier molecular flexibility index (Phi) is 7.70. The fourth-order valence-electron chi connectivity index (χ4n) is 3.64. The number of halogens is 2. The van der Waals surface area contributed by atoms with E-state index in [0.717, 1.165) is 23.3 Å². The first kappa shape index (κ1) is 24.4. The number of carbonyl (C=O) groups is 1. The number of aromatic nitrogens is 3. The highest BCUT2D eigenvalue weighted by molar-refractivity contribution is 7.99. The minimum absolute atomic E-state index is 0.275. The van der Waals surface area contributed by atoms with Crippen molar-refractivity contribution in [2.45, 2.75) is 38.1 Å². The summed E-state index contributed by atoms with van der Waals surface area (Å²) in [5, 5.41) is 9.64. The third kappa shape index (κ3) is 5.19. The predicted octanol–water partition coefficient (Wildman–Crippen LogP) is 6.13. The lowest BCUT2D eigenvalue weighted by atomic mass is 9.95. The van der Waals surface area contributed by atoms with Crippen molar-refractivity contribution in [1.82, 2.24) is 14.8 Å². The van der Waals surface area contributed by atoms with E-state index in [9.17, 15) is 4.79 Å². The predicted molar refractivity (Wildman–Crippen MR) is 135 cm³/mol. The van der Waals surface area contributed by atoms with Gasteiger partial charge in [0.2, 0.25) is 11.1 Å². The van der Waals surface area contributed by atoms with Crippen LogP contribution in [0.2, 0.25) is 10.0 Å². The van der Waals surface area contributed by atoms with Crippen molar-refractivity contribution >= 4 is 46.9 Å². The summed E-state index contributed by atoms with van der Waals surface area (Å²) >= 11 is 13.8. The maximum atomic E-state index is 12.8. The molecule has 1 N–H and O–H groups in total. The summed E-state index contributed by atoms with van der Waals surface area (Å²) in [6.07, 6.45) is 1.01. The average molecular weight is 519 g/mol. The molecule has 0 radical (unpaired) electrons. The molecule has 3 aromatic rings. The number of anilines is 1. The number of hydrogen-bond donors (Lipinski definition) is 1. The molecule has 0 aliphatic carbocycles. The van der Waals surface area contributed by atoms with E-state index in [2.05, 4.69) is 22.3 Å². The summed E-state index contributed by atoms with van der Waals surface area (Å²) < 4.78 is 12.8. The number of rotatable bonds is 8. The van der Waals surface area contributed by atoms with E-state index >= 15 is 0 Å². The molecule has 2 heterocycles. The zero-order valence-corrected chi connectivity index (χ0v) is 21.3. The first-order valence-electron chi connectivity index (χ1n) is 10.7. The molecule has 1 aliphatic heterocycles. The summed E-state index contributed by atoms with van der Waals surface area (Å²) in [5.41, 5.74) is 2.77. The highest BCUT2D eigenvalue weighted by atomic mass is 35.5. The fraction of sp³-hybridized carbons (Fsp3) is 0.292. The van der Waals surface area contributed by atoms with E-state index in [1.165, 1.54) is 7.11 Å². The molecule has 0 saturated heterocycles. The molecule has 0 saturated carbocycles. The number of thioether (sulfide) groups is 1. The lowest BCUT2D eigenvalue weighted by Crippen LogP contribution is -2.29. The molecule has 0 amide bonds. The van der Waals surface area contributed by atoms with Crippen LogP contribution < -0.4 is 10.1 Å². The van der Waals surface area contributed by atoms with Gasteiger partial charge in [0.1, 0.15) is 18.4 Å². The number of allylic oxidation sites excluding steroid dienone is 1. The Labute approximate surface area is 212 Å². The van der Waals surface area contributed by atoms with Gasteiger partial charge in [0.05, 0.1) is 12.7 Å². The third-order valence-corrected chi connectivity index (χ3v) is 6.89. The second kappa shape index (κ2) is 10.7. The maximum Gasteiger partial charge on any atom is 0.338 e. The van der Waals surface area contributed by atoms with E-state index in [4.69, 9.17) is 32.7 Å². The Hall–Kier alpha value is -2.68. The number of fused-ring (bicyclic) bond motifs is 1. The van der Waals surface area contributed by atoms with Crippen LogP contribution in [-0.4, -0.2) is 33.6 Å². The summed E-state index contributed by atoms with van der Waals surface area (Å²) in [7, 11) is 1.37. The second-order valence-corrected chi connectivity index (χ2v) is 9.57. The van der Waals surface area contributed by atoms with Gasteiger partial charge < -0.3 is 14.8 Å². The van der Waals surface area contributed by atoms with Crippen LogP contribution in [0, 0.1) is 0 Å². The van der Waals surface area contributed by atoms with Gasteiger partial charge in [0.15, 0.2) is 0 Å². The van der Waals surface area contributed by atoms with Gasteiger partial charge in [-0.05, 0) is 43.2 Å². The minimum atomic E-state index is -0.519. The normalized spacial score (nSPS) is 15.0. The molecule has 0 bridgehead atoms. The van der Waals surface area contributed by atoms with Crippen LogP contribution in [-0.2, 0) is 16.1 Å². The molecular formula is C24H24Cl2N4O3S. The SMILES string of the molecule is CCCSc1nc2n(n1)C(c1cccc(OCc3ccc(Cl)cc3Cl)c1)C(C(=O)OC)=C(C)N2. The monoisotopic (exact) mass is 518 g/mol. The molecule has 0 fully saturated rings. The van der Waals surface area contributed by atoms with Crippen molar-refractivity contribution in [3.05, 3.63) is 74.9 Å². The standard InChI is InChI=1S/C24H24Cl2N4O3S/c1-4-10-34-24-28-23-27-14(2)20(22(31)32-3)21(30(23)29-24)15-6-5-7-18(11-15)33-13-16-8-9-17(25)12-19(16)26/h5-9,11-12,21H,4,10,13H2,1-3H3,(H,27,28,29). The highest BCUT2D eigenvalue weighted by Gasteiger charge is 2.35. The maximum absolute atomic E-state index is 12.8. The molecule has 10 heteroatoms. The Bertz CT molecular complexity index is 1240. The Morgan fingerprint density at radius 2 is 2.06 bits per heavy atom. The van der Waals surface area contributed by atoms with E-state index < -0.39 is 12.0 Å². The number of esters is 1. The summed E-state index contributed by atoms with van der Waals surface area (Å²) in [6.45, 7) is 4.21. The third-order valence-electron chi connectivity index (χ3n) is 5.26. The van der Waals surface area contributed by atoms with Crippen molar-refractivity contribution < 1.29 is 14.3 Å². The lowest BCUT2D eigenvalue weighted by Gasteiger charge is -2.28. The number of benzene rings is 2. The number of carbonyl (C=O) groups excluding carboxylic acids is 1. The molecule has 1 atom stereocenters. The van der Waals surface area contributed by atoms with Gasteiger partial charge in [0.25, 0.3) is 0 Å². The molecule has 0 spiro atoms. The van der Waals surface area contributed by atoms with Gasteiger partial charge in [-0.2, -0.15) is 4.98 Å². The highest BCUT2D eigenvalue weighted by Crippen LogP contribution is 2.37. The largest absolute Gasteiger partial charge is 0.489 e. The van der Waals surface area contributed by atoms with Crippen LogP contribution in [0.15, 0.2) is 58.9 Å². The summed E-state index contributed by atoms with van der Waals surface area (Å²) in [5.74, 6) is 1.68. The topological polar surface area (TPSA) is 78.3 Å². The van der Waals surface area contributed by atoms with Gasteiger partial charge in [0, 0.05) is 27.1 Å². The van der Waals surface area contributed by atoms with Gasteiger partial charge in [-0.1, -0.05) is 60.1 Å². The van der Waals surface area contributed by atoms with Gasteiger partial charge in [-0.15, -0.1) is 5.10 Å². The van der Waals surface area contributed by atoms with E-state index in [0.29, 0.717) is 38.2 Å². The zero-order valence-electron chi connectivity index (χ0n) is 19.0. The number of methoxy groups -OCH3 is 1. The van der Waals surface area contributed by atoms with Crippen LogP contribution in [0.4, 0.5) is 5.95 Å². The summed E-state index contributed by atoms with van der Waals surface area (Å²) in [6, 6.07) is 12.3. The van der Waals surface area contributed by atoms with Gasteiger partial charge >= 0.3 is 5.97 Å². The Balaban J connectivity index is 1.68.